The largest absolute Gasteiger partial charge is 0.480 e. The van der Waals surface area contributed by atoms with Crippen LogP contribution in [0.2, 0.25) is 10.2 Å². The number of benzene rings is 1. The van der Waals surface area contributed by atoms with Gasteiger partial charge in [0.15, 0.2) is 5.15 Å². The summed E-state index contributed by atoms with van der Waals surface area (Å²) in [5, 5.41) is 17.8. The zero-order valence-corrected chi connectivity index (χ0v) is 19.3. The van der Waals surface area contributed by atoms with E-state index in [1.54, 1.807) is 12.1 Å². The van der Waals surface area contributed by atoms with E-state index in [0.717, 1.165) is 4.90 Å². The Hall–Kier alpha value is -2.69. The van der Waals surface area contributed by atoms with Gasteiger partial charge in [0.2, 0.25) is 11.8 Å². The fourth-order valence-corrected chi connectivity index (χ4v) is 3.59. The van der Waals surface area contributed by atoms with Crippen LogP contribution < -0.4 is 4.90 Å². The van der Waals surface area contributed by atoms with Crippen LogP contribution in [0.15, 0.2) is 24.4 Å². The molecular weight excluding hydrogens is 461 g/mol. The van der Waals surface area contributed by atoms with Gasteiger partial charge >= 0.3 is 5.97 Å². The first-order chi connectivity index (χ1) is 15.0. The summed E-state index contributed by atoms with van der Waals surface area (Å²) < 4.78 is 6.96. The van der Waals surface area contributed by atoms with Crippen molar-refractivity contribution in [2.45, 2.75) is 38.8 Å². The van der Waals surface area contributed by atoms with E-state index in [-0.39, 0.29) is 24.7 Å². The van der Waals surface area contributed by atoms with E-state index in [1.807, 2.05) is 20.8 Å². The van der Waals surface area contributed by atoms with E-state index in [0.29, 0.717) is 16.4 Å². The summed E-state index contributed by atoms with van der Waals surface area (Å²) >= 11 is 12.0. The molecule has 10 nitrogen and oxygen atoms in total. The predicted octanol–water partition coefficient (Wildman–Crippen LogP) is 2.41. The van der Waals surface area contributed by atoms with Gasteiger partial charge in [0.05, 0.1) is 23.2 Å². The third kappa shape index (κ3) is 5.56. The SMILES string of the molecule is CC(C)(C)OCCC(C(=O)O)N1CC(=O)N(c2cc(Cl)ccc2-n2cc(Cl)nn2)CC1=O. The molecule has 2 aromatic rings. The Bertz CT molecular complexity index is 1040. The van der Waals surface area contributed by atoms with Crippen molar-refractivity contribution < 1.29 is 24.2 Å². The maximum Gasteiger partial charge on any atom is 0.326 e. The minimum absolute atomic E-state index is 0.0610. The molecule has 1 unspecified atom stereocenters. The van der Waals surface area contributed by atoms with E-state index in [4.69, 9.17) is 27.9 Å². The summed E-state index contributed by atoms with van der Waals surface area (Å²) in [6.45, 7) is 4.94. The molecule has 1 atom stereocenters. The number of piperazine rings is 1. The van der Waals surface area contributed by atoms with Gasteiger partial charge in [-0.05, 0) is 39.0 Å². The summed E-state index contributed by atoms with van der Waals surface area (Å²) in [5.41, 5.74) is 0.325. The summed E-state index contributed by atoms with van der Waals surface area (Å²) in [7, 11) is 0. The highest BCUT2D eigenvalue weighted by Gasteiger charge is 2.38. The fourth-order valence-electron chi connectivity index (χ4n) is 3.29. The molecule has 1 saturated heterocycles. The topological polar surface area (TPSA) is 118 Å². The molecular formula is C20H23Cl2N5O5. The number of hydrogen-bond acceptors (Lipinski definition) is 6. The Morgan fingerprint density at radius 1 is 1.19 bits per heavy atom. The zero-order valence-electron chi connectivity index (χ0n) is 17.8. The number of ether oxygens (including phenoxy) is 1. The van der Waals surface area contributed by atoms with Crippen molar-refractivity contribution in [3.8, 4) is 5.69 Å². The Kier molecular flexibility index (Phi) is 7.06. The third-order valence-corrected chi connectivity index (χ3v) is 5.16. The second kappa shape index (κ2) is 9.43. The Morgan fingerprint density at radius 3 is 2.50 bits per heavy atom. The Labute approximate surface area is 194 Å². The average Bonchev–Trinajstić information content (AvgIpc) is 3.12. The second-order valence-corrected chi connectivity index (χ2v) is 9.05. The molecule has 32 heavy (non-hydrogen) atoms. The van der Waals surface area contributed by atoms with Crippen LogP contribution >= 0.6 is 23.2 Å². The zero-order chi connectivity index (χ0) is 23.6. The molecule has 3 rings (SSSR count). The van der Waals surface area contributed by atoms with Gasteiger partial charge < -0.3 is 14.7 Å². The van der Waals surface area contributed by atoms with E-state index in [2.05, 4.69) is 10.3 Å². The second-order valence-electron chi connectivity index (χ2n) is 8.22. The highest BCUT2D eigenvalue weighted by Crippen LogP contribution is 2.30. The summed E-state index contributed by atoms with van der Waals surface area (Å²) in [4.78, 5) is 40.1. The molecule has 172 valence electrons. The van der Waals surface area contributed by atoms with Crippen LogP contribution in [0.5, 0.6) is 0 Å². The minimum Gasteiger partial charge on any atom is -0.480 e. The van der Waals surface area contributed by atoms with E-state index >= 15 is 0 Å². The van der Waals surface area contributed by atoms with Crippen LogP contribution in [0.4, 0.5) is 5.69 Å². The smallest absolute Gasteiger partial charge is 0.326 e. The molecule has 0 aliphatic carbocycles. The van der Waals surface area contributed by atoms with Crippen molar-refractivity contribution in [2.75, 3.05) is 24.6 Å². The fraction of sp³-hybridized carbons (Fsp3) is 0.450. The summed E-state index contributed by atoms with van der Waals surface area (Å²) in [6.07, 6.45) is 1.51. The third-order valence-electron chi connectivity index (χ3n) is 4.75. The first-order valence-corrected chi connectivity index (χ1v) is 10.6. The van der Waals surface area contributed by atoms with Gasteiger partial charge in [-0.3, -0.25) is 14.5 Å². The molecule has 12 heteroatoms. The lowest BCUT2D eigenvalue weighted by Crippen LogP contribution is -2.59. The minimum atomic E-state index is -1.20. The summed E-state index contributed by atoms with van der Waals surface area (Å²) in [6, 6.07) is 3.58. The molecule has 0 spiro atoms. The van der Waals surface area contributed by atoms with Gasteiger partial charge in [0.1, 0.15) is 19.1 Å². The van der Waals surface area contributed by atoms with Crippen LogP contribution in [-0.4, -0.2) is 74.1 Å². The highest BCUT2D eigenvalue weighted by molar-refractivity contribution is 6.31. The molecule has 1 N–H and O–H groups in total. The molecule has 1 aromatic carbocycles. The highest BCUT2D eigenvalue weighted by atomic mass is 35.5. The number of amides is 2. The molecule has 1 aliphatic rings. The molecule has 0 radical (unpaired) electrons. The van der Waals surface area contributed by atoms with Crippen molar-refractivity contribution in [3.63, 3.8) is 0 Å². The van der Waals surface area contributed by atoms with Crippen LogP contribution in [0.3, 0.4) is 0 Å². The van der Waals surface area contributed by atoms with Gasteiger partial charge in [-0.15, -0.1) is 5.10 Å². The molecule has 2 heterocycles. The molecule has 1 aromatic heterocycles. The monoisotopic (exact) mass is 483 g/mol. The van der Waals surface area contributed by atoms with Gasteiger partial charge in [-0.2, -0.15) is 0 Å². The van der Waals surface area contributed by atoms with Crippen LogP contribution in [0, 0.1) is 0 Å². The van der Waals surface area contributed by atoms with Crippen molar-refractivity contribution in [1.82, 2.24) is 19.9 Å². The first kappa shape index (κ1) is 24.0. The van der Waals surface area contributed by atoms with Crippen LogP contribution in [-0.2, 0) is 19.1 Å². The number of carbonyl (C=O) groups excluding carboxylic acids is 2. The summed E-state index contributed by atoms with van der Waals surface area (Å²) in [5.74, 6) is -2.16. The molecule has 2 amide bonds. The Morgan fingerprint density at radius 2 is 1.91 bits per heavy atom. The van der Waals surface area contributed by atoms with Gasteiger partial charge in [0.25, 0.3) is 0 Å². The van der Waals surface area contributed by atoms with Gasteiger partial charge in [0, 0.05) is 18.1 Å². The van der Waals surface area contributed by atoms with Crippen molar-refractivity contribution in [1.29, 1.82) is 0 Å². The number of aromatic nitrogens is 3. The molecule has 0 bridgehead atoms. The number of nitrogens with zero attached hydrogens (tertiary/aromatic N) is 5. The number of anilines is 1. The lowest BCUT2D eigenvalue weighted by Gasteiger charge is -2.37. The number of hydrogen-bond donors (Lipinski definition) is 1. The Balaban J connectivity index is 1.83. The number of carboxylic acid groups (broad SMARTS) is 1. The van der Waals surface area contributed by atoms with Crippen molar-refractivity contribution in [3.05, 3.63) is 34.6 Å². The number of rotatable bonds is 7. The van der Waals surface area contributed by atoms with Crippen molar-refractivity contribution >= 4 is 46.7 Å². The predicted molar refractivity (Wildman–Crippen MR) is 117 cm³/mol. The molecule has 1 fully saturated rings. The normalized spacial score (nSPS) is 15.9. The molecule has 1 aliphatic heterocycles. The number of aliphatic carboxylic acids is 1. The maximum atomic E-state index is 13.0. The molecule has 0 saturated carbocycles. The van der Waals surface area contributed by atoms with E-state index in [1.165, 1.54) is 21.8 Å². The lowest BCUT2D eigenvalue weighted by molar-refractivity contribution is -0.154. The van der Waals surface area contributed by atoms with Gasteiger partial charge in [-0.1, -0.05) is 28.4 Å². The van der Waals surface area contributed by atoms with Gasteiger partial charge in [-0.25, -0.2) is 9.48 Å². The maximum absolute atomic E-state index is 13.0. The quantitative estimate of drug-likeness (QED) is 0.641. The first-order valence-electron chi connectivity index (χ1n) is 9.80. The van der Waals surface area contributed by atoms with E-state index < -0.39 is 36.0 Å². The van der Waals surface area contributed by atoms with E-state index in [9.17, 15) is 19.5 Å². The number of carbonyl (C=O) groups is 3. The number of halogens is 2. The van der Waals surface area contributed by atoms with Crippen LogP contribution in [0.25, 0.3) is 5.69 Å². The van der Waals surface area contributed by atoms with Crippen molar-refractivity contribution in [2.24, 2.45) is 0 Å². The average molecular weight is 484 g/mol. The van der Waals surface area contributed by atoms with Crippen LogP contribution in [0.1, 0.15) is 27.2 Å². The number of carboxylic acids is 1. The lowest BCUT2D eigenvalue weighted by atomic mass is 10.1. The standard InChI is InChI=1S/C20H23Cl2N5O5/c1-20(2,3)32-7-6-14(19(30)31)25-10-18(29)26(11-17(25)28)15-8-12(21)4-5-13(15)27-9-16(22)23-24-27/h4-5,8-9,14H,6-7,10-11H2,1-3H3,(H,30,31).